The van der Waals surface area contributed by atoms with Crippen LogP contribution in [0.25, 0.3) is 22.0 Å². The van der Waals surface area contributed by atoms with Gasteiger partial charge in [-0.05, 0) is 35.7 Å². The van der Waals surface area contributed by atoms with E-state index < -0.39 is 0 Å². The smallest absolute Gasteiger partial charge is 0.275 e. The molecular weight excluding hydrogens is 483 g/mol. The Morgan fingerprint density at radius 2 is 1.74 bits per heavy atom. The number of quaternary nitrogens is 1. The fourth-order valence-electron chi connectivity index (χ4n) is 4.01. The molecule has 3 rings (SSSR count). The molecule has 0 radical (unpaired) electrons. The number of rotatable bonds is 13. The van der Waals surface area contributed by atoms with Crippen molar-refractivity contribution >= 4 is 22.5 Å². The van der Waals surface area contributed by atoms with Crippen LogP contribution < -0.4 is 40.0 Å². The second kappa shape index (κ2) is 15.6. The van der Waals surface area contributed by atoms with Crippen molar-refractivity contribution in [2.75, 3.05) is 20.6 Å². The van der Waals surface area contributed by atoms with E-state index in [1.54, 1.807) is 0 Å². The van der Waals surface area contributed by atoms with Crippen LogP contribution in [0.2, 0.25) is 0 Å². The van der Waals surface area contributed by atoms with Crippen LogP contribution >= 0.6 is 0 Å². The van der Waals surface area contributed by atoms with Gasteiger partial charge >= 0.3 is 0 Å². The number of halogens is 2. The third-order valence-corrected chi connectivity index (χ3v) is 6.08. The number of nitrogens with one attached hydrogen (secondary N) is 4. The third-order valence-electron chi connectivity index (χ3n) is 6.08. The topological polar surface area (TPSA) is 80.5 Å². The molecule has 8 heteroatoms. The van der Waals surface area contributed by atoms with E-state index in [1.165, 1.54) is 15.7 Å². The first-order valence-electron chi connectivity index (χ1n) is 12.2. The van der Waals surface area contributed by atoms with Crippen molar-refractivity contribution in [1.29, 1.82) is 0 Å². The summed E-state index contributed by atoms with van der Waals surface area (Å²) in [6, 6.07) is 14.6. The highest BCUT2D eigenvalue weighted by Crippen LogP contribution is 2.24. The first-order chi connectivity index (χ1) is 16.0. The molecule has 6 nitrogen and oxygen atoms in total. The predicted octanol–water partition coefficient (Wildman–Crippen LogP) is -2.72. The van der Waals surface area contributed by atoms with Gasteiger partial charge in [0, 0.05) is 18.4 Å². The Bertz CT molecular complexity index is 1070. The molecule has 35 heavy (non-hydrogen) atoms. The lowest BCUT2D eigenvalue weighted by Gasteiger charge is -2.14. The largest absolute Gasteiger partial charge is 1.00 e. The summed E-state index contributed by atoms with van der Waals surface area (Å²) in [5.41, 5.74) is 2.11. The van der Waals surface area contributed by atoms with Crippen molar-refractivity contribution in [2.45, 2.75) is 57.9 Å². The predicted molar refractivity (Wildman–Crippen MR) is 132 cm³/mol. The van der Waals surface area contributed by atoms with E-state index >= 15 is 0 Å². The van der Waals surface area contributed by atoms with Crippen molar-refractivity contribution in [2.24, 2.45) is 0 Å². The second-order valence-corrected chi connectivity index (χ2v) is 9.12. The molecule has 192 valence electrons. The molecule has 0 spiro atoms. The van der Waals surface area contributed by atoms with Crippen LogP contribution in [0, 0.1) is 0 Å². The van der Waals surface area contributed by atoms with E-state index in [-0.39, 0.29) is 36.8 Å². The molecule has 0 fully saturated rings. The molecule has 0 saturated carbocycles. The van der Waals surface area contributed by atoms with Gasteiger partial charge in [-0.3, -0.25) is 9.59 Å². The number of H-pyrrole nitrogens is 2. The molecule has 0 aliphatic heterocycles. The number of carbonyl (C=O) groups excluding carboxylic acids is 2. The van der Waals surface area contributed by atoms with Crippen molar-refractivity contribution in [3.05, 3.63) is 54.5 Å². The maximum atomic E-state index is 12.6. The number of hydrogen-bond acceptors (Lipinski definition) is 2. The van der Waals surface area contributed by atoms with Crippen LogP contribution in [0.15, 0.2) is 48.7 Å². The summed E-state index contributed by atoms with van der Waals surface area (Å²) >= 11 is 0. The molecule has 2 aromatic carbocycles. The van der Waals surface area contributed by atoms with E-state index in [9.17, 15) is 9.59 Å². The van der Waals surface area contributed by atoms with Gasteiger partial charge in [-0.25, -0.2) is 9.97 Å². The molecule has 0 aliphatic rings. The molecule has 0 aliphatic carbocycles. The number of amides is 1. The molecule has 1 atom stereocenters. The molecular formula is C27H38Cl2N4O2. The number of aromatic amines is 2. The summed E-state index contributed by atoms with van der Waals surface area (Å²) in [5.74, 6) is 1.30. The summed E-state index contributed by atoms with van der Waals surface area (Å²) in [7, 11) is 4.11. The molecule has 0 bridgehead atoms. The van der Waals surface area contributed by atoms with Crippen molar-refractivity contribution < 1.29 is 44.3 Å². The maximum Gasteiger partial charge on any atom is 0.275 e. The number of carbonyl (C=O) groups is 2. The Morgan fingerprint density at radius 1 is 1.00 bits per heavy atom. The number of unbranched alkanes of at least 4 members (excludes halogenated alkanes) is 2. The van der Waals surface area contributed by atoms with Gasteiger partial charge in [0.05, 0.1) is 27.1 Å². The van der Waals surface area contributed by atoms with E-state index in [1.807, 2.05) is 25.3 Å². The van der Waals surface area contributed by atoms with Crippen LogP contribution in [0.5, 0.6) is 0 Å². The van der Waals surface area contributed by atoms with Gasteiger partial charge in [0.2, 0.25) is 5.91 Å². The third kappa shape index (κ3) is 9.63. The SMILES string of the molecule is CCC(=O)CCCCC[C@H](NC(=O)CC[NH+](C)C)c1[nH]c(-c2ccc3ccccc3c2)c[nH+]1.[Cl-].[Cl-]. The van der Waals surface area contributed by atoms with Crippen molar-refractivity contribution in [1.82, 2.24) is 10.3 Å². The molecule has 3 aromatic rings. The quantitative estimate of drug-likeness (QED) is 0.214. The fourth-order valence-corrected chi connectivity index (χ4v) is 4.01. The highest BCUT2D eigenvalue weighted by atomic mass is 35.5. The van der Waals surface area contributed by atoms with Gasteiger partial charge < -0.3 is 35.0 Å². The number of ketones is 1. The lowest BCUT2D eigenvalue weighted by molar-refractivity contribution is -0.857. The minimum absolute atomic E-state index is 0. The molecule has 4 N–H and O–H groups in total. The standard InChI is InChI=1S/C27H36N4O2.2ClH/c1-4-23(32)12-6-5-7-13-24(29-26(33)16-17-31(2)3)27-28-19-25(30-27)22-15-14-20-10-8-9-11-21(20)18-22;;/h8-11,14-15,18-19,24H,4-7,12-13,16-17H2,1-3H3,(H,28,30)(H,29,33);2*1H/t24-;;/m0../s1. The van der Waals surface area contributed by atoms with Gasteiger partial charge in [0.25, 0.3) is 5.82 Å². The highest BCUT2D eigenvalue weighted by molar-refractivity contribution is 5.86. The zero-order chi connectivity index (χ0) is 23.6. The summed E-state index contributed by atoms with van der Waals surface area (Å²) in [6.07, 6.45) is 7.42. The molecule has 1 aromatic heterocycles. The Hall–Kier alpha value is -2.41. The van der Waals surface area contributed by atoms with Crippen LogP contribution in [0.1, 0.15) is 63.7 Å². The van der Waals surface area contributed by atoms with Gasteiger partial charge in [0.15, 0.2) is 5.69 Å². The number of benzene rings is 2. The molecule has 0 unspecified atom stereocenters. The van der Waals surface area contributed by atoms with E-state index in [0.29, 0.717) is 25.0 Å². The number of imidazole rings is 1. The Labute approximate surface area is 221 Å². The zero-order valence-electron chi connectivity index (χ0n) is 20.9. The van der Waals surface area contributed by atoms with Crippen LogP contribution in [-0.4, -0.2) is 37.3 Å². The molecule has 1 heterocycles. The van der Waals surface area contributed by atoms with Gasteiger partial charge in [-0.15, -0.1) is 0 Å². The van der Waals surface area contributed by atoms with Gasteiger partial charge in [-0.1, -0.05) is 50.1 Å². The average Bonchev–Trinajstić information content (AvgIpc) is 3.31. The summed E-state index contributed by atoms with van der Waals surface area (Å²) in [6.45, 7) is 2.71. The molecule has 1 amide bonds. The maximum absolute atomic E-state index is 12.6. The Balaban J connectivity index is 0.00000306. The summed E-state index contributed by atoms with van der Waals surface area (Å²) < 4.78 is 0. The van der Waals surface area contributed by atoms with Crippen molar-refractivity contribution in [3.8, 4) is 11.3 Å². The number of hydrogen-bond donors (Lipinski definition) is 3. The van der Waals surface area contributed by atoms with Gasteiger partial charge in [-0.2, -0.15) is 0 Å². The monoisotopic (exact) mass is 520 g/mol. The first kappa shape index (κ1) is 30.6. The second-order valence-electron chi connectivity index (χ2n) is 9.12. The number of Topliss-reactive ketones (excluding diaryl/α,β-unsaturated/α-hetero) is 1. The zero-order valence-corrected chi connectivity index (χ0v) is 22.4. The Kier molecular flexibility index (Phi) is 13.6. The highest BCUT2D eigenvalue weighted by Gasteiger charge is 2.23. The normalized spacial score (nSPS) is 11.5. The number of aromatic nitrogens is 2. The van der Waals surface area contributed by atoms with Gasteiger partial charge in [0.1, 0.15) is 18.0 Å². The number of fused-ring (bicyclic) bond motifs is 1. The average molecular weight is 522 g/mol. The van der Waals surface area contributed by atoms with E-state index in [0.717, 1.165) is 49.3 Å². The lowest BCUT2D eigenvalue weighted by atomic mass is 10.0. The van der Waals surface area contributed by atoms with Crippen LogP contribution in [0.4, 0.5) is 0 Å². The minimum Gasteiger partial charge on any atom is -1.00 e. The van der Waals surface area contributed by atoms with E-state index in [4.69, 9.17) is 0 Å². The Morgan fingerprint density at radius 3 is 2.46 bits per heavy atom. The summed E-state index contributed by atoms with van der Waals surface area (Å²) in [4.78, 5) is 32.2. The minimum atomic E-state index is -0.106. The van der Waals surface area contributed by atoms with E-state index in [2.05, 4.69) is 59.7 Å². The fraction of sp³-hybridized carbons (Fsp3) is 0.444. The van der Waals surface area contributed by atoms with Crippen LogP contribution in [0.3, 0.4) is 0 Å². The van der Waals surface area contributed by atoms with Crippen molar-refractivity contribution in [3.63, 3.8) is 0 Å². The molecule has 0 saturated heterocycles. The summed E-state index contributed by atoms with van der Waals surface area (Å²) in [5, 5.41) is 5.62. The lowest BCUT2D eigenvalue weighted by Crippen LogP contribution is -3.05. The van der Waals surface area contributed by atoms with Crippen LogP contribution in [-0.2, 0) is 9.59 Å². The first-order valence-corrected chi connectivity index (χ1v) is 12.2.